The largest absolute Gasteiger partial charge is 0.465 e. The number of methoxy groups -OCH3 is 1. The minimum Gasteiger partial charge on any atom is -0.465 e. The van der Waals surface area contributed by atoms with E-state index >= 15 is 0 Å². The van der Waals surface area contributed by atoms with E-state index in [0.717, 1.165) is 5.56 Å². The number of carbonyl (C=O) groups excluding carboxylic acids is 2. The van der Waals surface area contributed by atoms with Crippen LogP contribution in [0.2, 0.25) is 0 Å². The topological polar surface area (TPSA) is 55.4 Å². The quantitative estimate of drug-likeness (QED) is 0.694. The van der Waals surface area contributed by atoms with Crippen LogP contribution in [0.25, 0.3) is 6.08 Å². The third kappa shape index (κ3) is 4.31. The SMILES string of the molecule is COC(=O)c1cccc(NC(=O)C=Cc2ccc(C)cc2)c1. The summed E-state index contributed by atoms with van der Waals surface area (Å²) in [6, 6.07) is 14.4. The van der Waals surface area contributed by atoms with Gasteiger partial charge in [0, 0.05) is 11.8 Å². The lowest BCUT2D eigenvalue weighted by molar-refractivity contribution is -0.111. The van der Waals surface area contributed by atoms with Gasteiger partial charge in [0.15, 0.2) is 0 Å². The number of benzene rings is 2. The van der Waals surface area contributed by atoms with Crippen molar-refractivity contribution in [1.29, 1.82) is 0 Å². The summed E-state index contributed by atoms with van der Waals surface area (Å²) >= 11 is 0. The summed E-state index contributed by atoms with van der Waals surface area (Å²) in [6.07, 6.45) is 3.19. The molecule has 1 N–H and O–H groups in total. The second-order valence-electron chi connectivity index (χ2n) is 4.81. The average Bonchev–Trinajstić information content (AvgIpc) is 2.54. The van der Waals surface area contributed by atoms with Gasteiger partial charge in [-0.1, -0.05) is 35.9 Å². The molecule has 0 aliphatic carbocycles. The fourth-order valence-corrected chi connectivity index (χ4v) is 1.88. The minimum atomic E-state index is -0.439. The van der Waals surface area contributed by atoms with Crippen molar-refractivity contribution < 1.29 is 14.3 Å². The molecule has 0 heterocycles. The smallest absolute Gasteiger partial charge is 0.337 e. The normalized spacial score (nSPS) is 10.5. The first-order valence-electron chi connectivity index (χ1n) is 6.82. The number of carbonyl (C=O) groups is 2. The molecule has 0 fully saturated rings. The van der Waals surface area contributed by atoms with Gasteiger partial charge in [0.2, 0.25) is 5.91 Å². The van der Waals surface area contributed by atoms with Crippen molar-refractivity contribution in [2.75, 3.05) is 12.4 Å². The first-order chi connectivity index (χ1) is 10.6. The molecule has 112 valence electrons. The van der Waals surface area contributed by atoms with Crippen LogP contribution in [0.3, 0.4) is 0 Å². The van der Waals surface area contributed by atoms with Crippen LogP contribution in [-0.2, 0) is 9.53 Å². The highest BCUT2D eigenvalue weighted by Gasteiger charge is 2.06. The van der Waals surface area contributed by atoms with E-state index in [9.17, 15) is 9.59 Å². The highest BCUT2D eigenvalue weighted by atomic mass is 16.5. The molecule has 0 saturated heterocycles. The van der Waals surface area contributed by atoms with Crippen molar-refractivity contribution in [2.45, 2.75) is 6.92 Å². The second kappa shape index (κ2) is 7.22. The Morgan fingerprint density at radius 2 is 1.82 bits per heavy atom. The van der Waals surface area contributed by atoms with Crippen LogP contribution in [0.15, 0.2) is 54.6 Å². The summed E-state index contributed by atoms with van der Waals surface area (Å²) in [5.41, 5.74) is 3.05. The number of hydrogen-bond donors (Lipinski definition) is 1. The highest BCUT2D eigenvalue weighted by Crippen LogP contribution is 2.12. The average molecular weight is 295 g/mol. The molecule has 0 unspecified atom stereocenters. The Hall–Kier alpha value is -2.88. The van der Waals surface area contributed by atoms with Gasteiger partial charge >= 0.3 is 5.97 Å². The lowest BCUT2D eigenvalue weighted by Gasteiger charge is -2.04. The van der Waals surface area contributed by atoms with Crippen LogP contribution in [0.4, 0.5) is 5.69 Å². The molecular formula is C18H17NO3. The molecule has 0 saturated carbocycles. The number of anilines is 1. The van der Waals surface area contributed by atoms with Crippen molar-refractivity contribution in [2.24, 2.45) is 0 Å². The lowest BCUT2D eigenvalue weighted by atomic mass is 10.1. The number of aryl methyl sites for hydroxylation is 1. The van der Waals surface area contributed by atoms with Crippen molar-refractivity contribution >= 4 is 23.6 Å². The molecule has 4 heteroatoms. The van der Waals surface area contributed by atoms with Gasteiger partial charge in [0.1, 0.15) is 0 Å². The molecule has 1 amide bonds. The van der Waals surface area contributed by atoms with E-state index in [4.69, 9.17) is 0 Å². The molecule has 2 aromatic carbocycles. The summed E-state index contributed by atoms with van der Waals surface area (Å²) in [6.45, 7) is 2.01. The van der Waals surface area contributed by atoms with E-state index in [-0.39, 0.29) is 5.91 Å². The van der Waals surface area contributed by atoms with Crippen molar-refractivity contribution in [3.05, 3.63) is 71.3 Å². The number of amides is 1. The van der Waals surface area contributed by atoms with Gasteiger partial charge in [-0.2, -0.15) is 0 Å². The fraction of sp³-hybridized carbons (Fsp3) is 0.111. The second-order valence-corrected chi connectivity index (χ2v) is 4.81. The zero-order valence-electron chi connectivity index (χ0n) is 12.5. The first-order valence-corrected chi connectivity index (χ1v) is 6.82. The van der Waals surface area contributed by atoms with Crippen LogP contribution >= 0.6 is 0 Å². The van der Waals surface area contributed by atoms with E-state index in [1.165, 1.54) is 18.7 Å². The van der Waals surface area contributed by atoms with Gasteiger partial charge in [-0.05, 0) is 36.8 Å². The Kier molecular flexibility index (Phi) is 5.09. The predicted octanol–water partition coefficient (Wildman–Crippen LogP) is 3.43. The van der Waals surface area contributed by atoms with Gasteiger partial charge < -0.3 is 10.1 Å². The van der Waals surface area contributed by atoms with E-state index in [1.54, 1.807) is 30.3 Å². The van der Waals surface area contributed by atoms with Crippen LogP contribution in [0.5, 0.6) is 0 Å². The standard InChI is InChI=1S/C18H17NO3/c1-13-6-8-14(9-7-13)10-11-17(20)19-16-5-3-4-15(12-16)18(21)22-2/h3-12H,1-2H3,(H,19,20). The number of esters is 1. The Bertz CT molecular complexity index is 703. The maximum atomic E-state index is 11.9. The molecule has 4 nitrogen and oxygen atoms in total. The van der Waals surface area contributed by atoms with Gasteiger partial charge in [-0.3, -0.25) is 4.79 Å². The zero-order chi connectivity index (χ0) is 15.9. The van der Waals surface area contributed by atoms with E-state index < -0.39 is 5.97 Å². The highest BCUT2D eigenvalue weighted by molar-refractivity contribution is 6.02. The maximum absolute atomic E-state index is 11.9. The van der Waals surface area contributed by atoms with Crippen LogP contribution < -0.4 is 5.32 Å². The molecule has 0 aliphatic rings. The Morgan fingerprint density at radius 1 is 1.09 bits per heavy atom. The molecule has 2 aromatic rings. The first kappa shape index (κ1) is 15.5. The zero-order valence-corrected chi connectivity index (χ0v) is 12.5. The monoisotopic (exact) mass is 295 g/mol. The van der Waals surface area contributed by atoms with Gasteiger partial charge in [-0.25, -0.2) is 4.79 Å². The van der Waals surface area contributed by atoms with Crippen molar-refractivity contribution in [1.82, 2.24) is 0 Å². The Morgan fingerprint density at radius 3 is 2.50 bits per heavy atom. The molecule has 2 rings (SSSR count). The molecule has 0 atom stereocenters. The van der Waals surface area contributed by atoms with Crippen molar-refractivity contribution in [3.63, 3.8) is 0 Å². The maximum Gasteiger partial charge on any atom is 0.337 e. The lowest BCUT2D eigenvalue weighted by Crippen LogP contribution is -2.09. The van der Waals surface area contributed by atoms with Gasteiger partial charge in [0.05, 0.1) is 12.7 Å². The van der Waals surface area contributed by atoms with Crippen LogP contribution in [0.1, 0.15) is 21.5 Å². The third-order valence-corrected chi connectivity index (χ3v) is 3.06. The summed E-state index contributed by atoms with van der Waals surface area (Å²) in [5.74, 6) is -0.700. The van der Waals surface area contributed by atoms with Crippen molar-refractivity contribution in [3.8, 4) is 0 Å². The Labute approximate surface area is 129 Å². The van der Waals surface area contributed by atoms with Crippen LogP contribution in [0, 0.1) is 6.92 Å². The van der Waals surface area contributed by atoms with Crippen LogP contribution in [-0.4, -0.2) is 19.0 Å². The summed E-state index contributed by atoms with van der Waals surface area (Å²) < 4.78 is 4.65. The summed E-state index contributed by atoms with van der Waals surface area (Å²) in [7, 11) is 1.32. The third-order valence-electron chi connectivity index (χ3n) is 3.06. The predicted molar refractivity (Wildman–Crippen MR) is 86.6 cm³/mol. The molecule has 0 aliphatic heterocycles. The van der Waals surface area contributed by atoms with E-state index in [0.29, 0.717) is 11.3 Å². The summed E-state index contributed by atoms with van der Waals surface area (Å²) in [4.78, 5) is 23.3. The number of rotatable bonds is 4. The molecule has 0 radical (unpaired) electrons. The fourth-order valence-electron chi connectivity index (χ4n) is 1.88. The molecule has 0 aromatic heterocycles. The van der Waals surface area contributed by atoms with Gasteiger partial charge in [0.25, 0.3) is 0 Å². The molecule has 0 bridgehead atoms. The summed E-state index contributed by atoms with van der Waals surface area (Å²) in [5, 5.41) is 2.71. The van der Waals surface area contributed by atoms with E-state index in [1.807, 2.05) is 31.2 Å². The Balaban J connectivity index is 2.02. The van der Waals surface area contributed by atoms with E-state index in [2.05, 4.69) is 10.1 Å². The molecule has 22 heavy (non-hydrogen) atoms. The number of nitrogens with one attached hydrogen (secondary N) is 1. The van der Waals surface area contributed by atoms with Gasteiger partial charge in [-0.15, -0.1) is 0 Å². The number of ether oxygens (including phenoxy) is 1. The minimum absolute atomic E-state index is 0.261. The molecular weight excluding hydrogens is 278 g/mol. The molecule has 0 spiro atoms. The number of hydrogen-bond acceptors (Lipinski definition) is 3.